The number of nitrogens with one attached hydrogen (secondary N) is 2. The van der Waals surface area contributed by atoms with E-state index in [0.717, 1.165) is 19.6 Å². The van der Waals surface area contributed by atoms with E-state index in [0.29, 0.717) is 23.4 Å². The van der Waals surface area contributed by atoms with Crippen LogP contribution in [0, 0.1) is 10.1 Å². The zero-order valence-corrected chi connectivity index (χ0v) is 11.6. The Bertz CT molecular complexity index is 656. The molecule has 1 fully saturated rings. The second-order valence-corrected chi connectivity index (χ2v) is 5.09. The fourth-order valence-corrected chi connectivity index (χ4v) is 2.40. The van der Waals surface area contributed by atoms with E-state index in [1.54, 1.807) is 12.1 Å². The number of aromatic nitrogens is 3. The lowest BCUT2D eigenvalue weighted by atomic mass is 10.2. The number of H-pyrrole nitrogens is 1. The van der Waals surface area contributed by atoms with Gasteiger partial charge in [-0.3, -0.25) is 15.2 Å². The van der Waals surface area contributed by atoms with Crippen molar-refractivity contribution in [3.8, 4) is 11.4 Å². The molecule has 3 rings (SSSR count). The Hall–Kier alpha value is -2.48. The number of nitro groups is 1. The lowest BCUT2D eigenvalue weighted by molar-refractivity contribution is -0.384. The predicted molar refractivity (Wildman–Crippen MR) is 78.2 cm³/mol. The van der Waals surface area contributed by atoms with Crippen molar-refractivity contribution >= 4 is 11.6 Å². The van der Waals surface area contributed by atoms with E-state index in [-0.39, 0.29) is 5.69 Å². The fourth-order valence-electron chi connectivity index (χ4n) is 2.40. The van der Waals surface area contributed by atoms with Gasteiger partial charge in [-0.15, -0.1) is 5.10 Å². The number of hydrogen-bond acceptors (Lipinski definition) is 6. The highest BCUT2D eigenvalue weighted by atomic mass is 16.6. The molecule has 0 bridgehead atoms. The van der Waals surface area contributed by atoms with Crippen LogP contribution in [0.4, 0.5) is 11.6 Å². The minimum Gasteiger partial charge on any atom is -0.337 e. The van der Waals surface area contributed by atoms with Crippen LogP contribution < -0.4 is 10.2 Å². The third kappa shape index (κ3) is 2.84. The maximum Gasteiger partial charge on any atom is 0.270 e. The van der Waals surface area contributed by atoms with Gasteiger partial charge in [-0.25, -0.2) is 0 Å². The zero-order chi connectivity index (χ0) is 14.8. The Morgan fingerprint density at radius 1 is 1.48 bits per heavy atom. The van der Waals surface area contributed by atoms with E-state index in [9.17, 15) is 10.1 Å². The SMILES string of the molecule is CC1CN(c2n[nH]c(-c3cccc([N+](=O)[O-])c3)n2)CCN1. The summed E-state index contributed by atoms with van der Waals surface area (Å²) < 4.78 is 0. The summed E-state index contributed by atoms with van der Waals surface area (Å²) in [5.41, 5.74) is 0.701. The summed E-state index contributed by atoms with van der Waals surface area (Å²) in [5.74, 6) is 1.17. The molecule has 0 aliphatic carbocycles. The van der Waals surface area contributed by atoms with Crippen molar-refractivity contribution in [2.24, 2.45) is 0 Å². The van der Waals surface area contributed by atoms with Crippen molar-refractivity contribution in [2.45, 2.75) is 13.0 Å². The van der Waals surface area contributed by atoms with Gasteiger partial charge in [-0.2, -0.15) is 4.98 Å². The van der Waals surface area contributed by atoms with Gasteiger partial charge in [0.15, 0.2) is 5.82 Å². The van der Waals surface area contributed by atoms with Crippen molar-refractivity contribution in [2.75, 3.05) is 24.5 Å². The second-order valence-electron chi connectivity index (χ2n) is 5.09. The van der Waals surface area contributed by atoms with Crippen LogP contribution >= 0.6 is 0 Å². The van der Waals surface area contributed by atoms with Crippen LogP contribution in [0.5, 0.6) is 0 Å². The molecular formula is C13H16N6O2. The number of anilines is 1. The smallest absolute Gasteiger partial charge is 0.270 e. The summed E-state index contributed by atoms with van der Waals surface area (Å²) in [6, 6.07) is 6.75. The van der Waals surface area contributed by atoms with Crippen LogP contribution in [-0.2, 0) is 0 Å². The maximum absolute atomic E-state index is 10.8. The molecule has 8 heteroatoms. The minimum atomic E-state index is -0.418. The summed E-state index contributed by atoms with van der Waals surface area (Å²) in [5, 5.41) is 21.2. The molecule has 1 aromatic carbocycles. The standard InChI is InChI=1S/C13H16N6O2/c1-9-8-18(6-5-14-9)13-15-12(16-17-13)10-3-2-4-11(7-10)19(20)21/h2-4,7,9,14H,5-6,8H2,1H3,(H,15,16,17). The van der Waals surface area contributed by atoms with E-state index >= 15 is 0 Å². The first kappa shape index (κ1) is 13.5. The summed E-state index contributed by atoms with van der Waals surface area (Å²) in [4.78, 5) is 16.9. The number of benzene rings is 1. The van der Waals surface area contributed by atoms with Gasteiger partial charge in [0.25, 0.3) is 5.69 Å². The van der Waals surface area contributed by atoms with Crippen molar-refractivity contribution in [3.63, 3.8) is 0 Å². The molecule has 1 atom stereocenters. The summed E-state index contributed by atoms with van der Waals surface area (Å²) in [7, 11) is 0. The van der Waals surface area contributed by atoms with Gasteiger partial charge < -0.3 is 10.2 Å². The number of piperazine rings is 1. The zero-order valence-electron chi connectivity index (χ0n) is 11.6. The molecular weight excluding hydrogens is 272 g/mol. The molecule has 1 aromatic heterocycles. The minimum absolute atomic E-state index is 0.0428. The van der Waals surface area contributed by atoms with E-state index < -0.39 is 4.92 Å². The van der Waals surface area contributed by atoms with Crippen molar-refractivity contribution in [1.82, 2.24) is 20.5 Å². The van der Waals surface area contributed by atoms with Crippen LogP contribution in [0.2, 0.25) is 0 Å². The molecule has 110 valence electrons. The monoisotopic (exact) mass is 288 g/mol. The second kappa shape index (κ2) is 5.49. The fraction of sp³-hybridized carbons (Fsp3) is 0.385. The molecule has 1 aliphatic rings. The number of hydrogen-bond donors (Lipinski definition) is 2. The van der Waals surface area contributed by atoms with Crippen LogP contribution in [0.25, 0.3) is 11.4 Å². The summed E-state index contributed by atoms with van der Waals surface area (Å²) in [6.07, 6.45) is 0. The first-order chi connectivity index (χ1) is 10.1. The number of nitro benzene ring substituents is 1. The first-order valence-corrected chi connectivity index (χ1v) is 6.79. The topological polar surface area (TPSA) is 100.0 Å². The highest BCUT2D eigenvalue weighted by Gasteiger charge is 2.20. The predicted octanol–water partition coefficient (Wildman–Crippen LogP) is 1.18. The first-order valence-electron chi connectivity index (χ1n) is 6.79. The molecule has 21 heavy (non-hydrogen) atoms. The molecule has 2 N–H and O–H groups in total. The Morgan fingerprint density at radius 2 is 2.33 bits per heavy atom. The number of non-ortho nitro benzene ring substituents is 1. The molecule has 0 amide bonds. The molecule has 2 aromatic rings. The third-order valence-corrected chi connectivity index (χ3v) is 3.46. The lowest BCUT2D eigenvalue weighted by Crippen LogP contribution is -2.49. The van der Waals surface area contributed by atoms with Crippen molar-refractivity contribution < 1.29 is 4.92 Å². The van der Waals surface area contributed by atoms with Crippen LogP contribution in [0.3, 0.4) is 0 Å². The normalized spacial score (nSPS) is 18.7. The van der Waals surface area contributed by atoms with Crippen LogP contribution in [0.15, 0.2) is 24.3 Å². The van der Waals surface area contributed by atoms with Gasteiger partial charge >= 0.3 is 0 Å². The summed E-state index contributed by atoms with van der Waals surface area (Å²) in [6.45, 7) is 4.69. The van der Waals surface area contributed by atoms with Gasteiger partial charge in [0.1, 0.15) is 0 Å². The number of rotatable bonds is 3. The van der Waals surface area contributed by atoms with E-state index in [4.69, 9.17) is 0 Å². The Balaban J connectivity index is 1.84. The highest BCUT2D eigenvalue weighted by Crippen LogP contribution is 2.22. The van der Waals surface area contributed by atoms with E-state index in [2.05, 4.69) is 32.3 Å². The van der Waals surface area contributed by atoms with Crippen LogP contribution in [0.1, 0.15) is 6.92 Å². The Kier molecular flexibility index (Phi) is 3.53. The van der Waals surface area contributed by atoms with E-state index in [1.165, 1.54) is 12.1 Å². The molecule has 0 radical (unpaired) electrons. The number of aromatic amines is 1. The van der Waals surface area contributed by atoms with Crippen LogP contribution in [-0.4, -0.2) is 45.8 Å². The molecule has 1 saturated heterocycles. The molecule has 8 nitrogen and oxygen atoms in total. The molecule has 0 spiro atoms. The quantitative estimate of drug-likeness (QED) is 0.649. The summed E-state index contributed by atoms with van der Waals surface area (Å²) >= 11 is 0. The van der Waals surface area contributed by atoms with Crippen molar-refractivity contribution in [1.29, 1.82) is 0 Å². The molecule has 1 aliphatic heterocycles. The van der Waals surface area contributed by atoms with Gasteiger partial charge in [-0.1, -0.05) is 12.1 Å². The third-order valence-electron chi connectivity index (χ3n) is 3.46. The number of nitrogens with zero attached hydrogens (tertiary/aromatic N) is 4. The highest BCUT2D eigenvalue weighted by molar-refractivity contribution is 5.60. The van der Waals surface area contributed by atoms with Crippen molar-refractivity contribution in [3.05, 3.63) is 34.4 Å². The Labute approximate surface area is 121 Å². The van der Waals surface area contributed by atoms with E-state index in [1.807, 2.05) is 0 Å². The van der Waals surface area contributed by atoms with Gasteiger partial charge in [0.2, 0.25) is 5.95 Å². The molecule has 1 unspecified atom stereocenters. The van der Waals surface area contributed by atoms with Gasteiger partial charge in [0, 0.05) is 43.4 Å². The maximum atomic E-state index is 10.8. The van der Waals surface area contributed by atoms with Gasteiger partial charge in [0.05, 0.1) is 4.92 Å². The largest absolute Gasteiger partial charge is 0.337 e. The van der Waals surface area contributed by atoms with Gasteiger partial charge in [-0.05, 0) is 6.92 Å². The average molecular weight is 288 g/mol. The molecule has 0 saturated carbocycles. The molecule has 2 heterocycles. The Morgan fingerprint density at radius 3 is 3.10 bits per heavy atom. The lowest BCUT2D eigenvalue weighted by Gasteiger charge is -2.30. The average Bonchev–Trinajstić information content (AvgIpc) is 2.97.